The van der Waals surface area contributed by atoms with E-state index in [2.05, 4.69) is 0 Å². The van der Waals surface area contributed by atoms with E-state index < -0.39 is 13.5 Å². The van der Waals surface area contributed by atoms with Crippen molar-refractivity contribution < 1.29 is 3.74 Å². The zero-order valence-corrected chi connectivity index (χ0v) is 10.6. The molecule has 0 N–H and O–H groups in total. The summed E-state index contributed by atoms with van der Waals surface area (Å²) < 4.78 is 13.8. The Hall–Kier alpha value is -0.422. The van der Waals surface area contributed by atoms with Crippen LogP contribution in [0.4, 0.5) is 0 Å². The first-order chi connectivity index (χ1) is 5.96. The van der Waals surface area contributed by atoms with Crippen LogP contribution in [0, 0.1) is 6.92 Å². The van der Waals surface area contributed by atoms with Crippen molar-refractivity contribution in [3.63, 3.8) is 0 Å². The maximum absolute atomic E-state index is 12.4. The molecule has 1 atom stereocenters. The molecule has 0 aliphatic carbocycles. The summed E-state index contributed by atoms with van der Waals surface area (Å²) in [5, 5.41) is 0. The monoisotopic (exact) mass is 240 g/mol. The molecule has 0 amide bonds. The van der Waals surface area contributed by atoms with Crippen LogP contribution >= 0.6 is 0 Å². The van der Waals surface area contributed by atoms with Crippen LogP contribution in [0.1, 0.15) is 19.4 Å². The van der Waals surface area contributed by atoms with Gasteiger partial charge in [0.2, 0.25) is 0 Å². The van der Waals surface area contributed by atoms with Crippen molar-refractivity contribution in [3.8, 4) is 0 Å². The van der Waals surface area contributed by atoms with E-state index in [0.29, 0.717) is 4.71 Å². The molecule has 0 bridgehead atoms. The molecule has 1 nitrogen and oxygen atoms in total. The molecule has 1 rings (SSSR count). The molecule has 13 heavy (non-hydrogen) atoms. The van der Waals surface area contributed by atoms with Gasteiger partial charge in [-0.1, -0.05) is 0 Å². The molecule has 0 saturated carbocycles. The van der Waals surface area contributed by atoms with E-state index in [1.165, 1.54) is 5.56 Å². The SMILES string of the molecule is Cc1ccccc1[As](C)(=O)C(C)C. The van der Waals surface area contributed by atoms with Crippen molar-refractivity contribution in [1.29, 1.82) is 0 Å². The molecule has 72 valence electrons. The van der Waals surface area contributed by atoms with Crippen LogP contribution in [-0.4, -0.2) is 13.5 Å². The Labute approximate surface area is 82.8 Å². The van der Waals surface area contributed by atoms with Crippen molar-refractivity contribution in [1.82, 2.24) is 0 Å². The first-order valence-electron chi connectivity index (χ1n) is 4.59. The van der Waals surface area contributed by atoms with Crippen LogP contribution < -0.4 is 4.35 Å². The second-order valence-corrected chi connectivity index (χ2v) is 11.2. The number of aryl methyl sites for hydroxylation is 1. The molecule has 0 spiro atoms. The normalized spacial score (nSPS) is 15.8. The van der Waals surface area contributed by atoms with Gasteiger partial charge in [-0.05, 0) is 0 Å². The van der Waals surface area contributed by atoms with E-state index in [-0.39, 0.29) is 0 Å². The first-order valence-corrected chi connectivity index (χ1v) is 9.26. The molecule has 1 aromatic carbocycles. The van der Waals surface area contributed by atoms with E-state index in [9.17, 15) is 3.74 Å². The van der Waals surface area contributed by atoms with Crippen molar-refractivity contribution in [2.75, 3.05) is 0 Å². The van der Waals surface area contributed by atoms with Gasteiger partial charge in [-0.25, -0.2) is 0 Å². The Morgan fingerprint density at radius 1 is 1.23 bits per heavy atom. The van der Waals surface area contributed by atoms with Gasteiger partial charge in [0.1, 0.15) is 0 Å². The predicted octanol–water partition coefficient (Wildman–Crippen LogP) is 2.62. The molecule has 0 heterocycles. The first kappa shape index (κ1) is 10.7. The summed E-state index contributed by atoms with van der Waals surface area (Å²) in [6.45, 7) is 6.13. The van der Waals surface area contributed by atoms with Crippen LogP contribution in [0.3, 0.4) is 0 Å². The zero-order valence-electron chi connectivity index (χ0n) is 8.74. The van der Waals surface area contributed by atoms with Crippen molar-refractivity contribution in [2.24, 2.45) is 0 Å². The average Bonchev–Trinajstić information content (AvgIpc) is 2.04. The summed E-state index contributed by atoms with van der Waals surface area (Å²) in [5.41, 5.74) is 3.10. The van der Waals surface area contributed by atoms with Crippen LogP contribution in [-0.2, 0) is 3.74 Å². The Morgan fingerprint density at radius 3 is 2.23 bits per heavy atom. The van der Waals surface area contributed by atoms with Gasteiger partial charge < -0.3 is 0 Å². The van der Waals surface area contributed by atoms with Crippen LogP contribution in [0.15, 0.2) is 24.3 Å². The minimum absolute atomic E-state index is 0.291. The Morgan fingerprint density at radius 2 is 1.77 bits per heavy atom. The topological polar surface area (TPSA) is 17.1 Å². The van der Waals surface area contributed by atoms with Gasteiger partial charge in [0.05, 0.1) is 0 Å². The third-order valence-electron chi connectivity index (χ3n) is 2.58. The van der Waals surface area contributed by atoms with Crippen LogP contribution in [0.25, 0.3) is 0 Å². The third kappa shape index (κ3) is 2.08. The molecular weight excluding hydrogens is 223 g/mol. The zero-order chi connectivity index (χ0) is 10.1. The Bertz CT molecular complexity index is 342. The van der Waals surface area contributed by atoms with E-state index in [1.54, 1.807) is 0 Å². The summed E-state index contributed by atoms with van der Waals surface area (Å²) in [6, 6.07) is 8.02. The molecule has 0 saturated heterocycles. The van der Waals surface area contributed by atoms with Gasteiger partial charge in [-0.3, -0.25) is 0 Å². The van der Waals surface area contributed by atoms with Gasteiger partial charge in [0.15, 0.2) is 0 Å². The van der Waals surface area contributed by atoms with Gasteiger partial charge in [0.25, 0.3) is 0 Å². The quantitative estimate of drug-likeness (QED) is 0.726. The van der Waals surface area contributed by atoms with Crippen molar-refractivity contribution >= 4 is 17.8 Å². The summed E-state index contributed by atoms with van der Waals surface area (Å²) >= 11 is -2.80. The third-order valence-corrected chi connectivity index (χ3v) is 9.77. The number of rotatable bonds is 2. The molecule has 2 heteroatoms. The van der Waals surface area contributed by atoms with Crippen molar-refractivity contribution in [2.45, 2.75) is 31.2 Å². The minimum atomic E-state index is -2.80. The molecule has 0 fully saturated rings. The Kier molecular flexibility index (Phi) is 3.08. The van der Waals surface area contributed by atoms with Gasteiger partial charge >= 0.3 is 82.6 Å². The summed E-state index contributed by atoms with van der Waals surface area (Å²) in [5.74, 6) is 0. The number of benzene rings is 1. The molecule has 0 aliphatic rings. The number of hydrogen-bond acceptors (Lipinski definition) is 1. The second kappa shape index (κ2) is 3.75. The average molecular weight is 240 g/mol. The van der Waals surface area contributed by atoms with E-state index in [0.717, 1.165) is 4.35 Å². The fraction of sp³-hybridized carbons (Fsp3) is 0.455. The summed E-state index contributed by atoms with van der Waals surface area (Å²) in [4.78, 5) is 0. The fourth-order valence-electron chi connectivity index (χ4n) is 1.34. The van der Waals surface area contributed by atoms with Crippen LogP contribution in [0.5, 0.6) is 0 Å². The molecule has 0 aliphatic heterocycles. The Balaban J connectivity index is 3.23. The molecule has 1 aromatic rings. The number of hydrogen-bond donors (Lipinski definition) is 0. The molecular formula is C11H17AsO. The maximum atomic E-state index is 12.4. The molecule has 0 aromatic heterocycles. The van der Waals surface area contributed by atoms with Gasteiger partial charge in [-0.2, -0.15) is 0 Å². The van der Waals surface area contributed by atoms with E-state index in [4.69, 9.17) is 0 Å². The van der Waals surface area contributed by atoms with Gasteiger partial charge in [0, 0.05) is 0 Å². The summed E-state index contributed by atoms with van der Waals surface area (Å²) in [7, 11) is 0. The van der Waals surface area contributed by atoms with Gasteiger partial charge in [-0.15, -0.1) is 0 Å². The van der Waals surface area contributed by atoms with E-state index in [1.807, 2.05) is 50.7 Å². The second-order valence-electron chi connectivity index (χ2n) is 3.87. The summed E-state index contributed by atoms with van der Waals surface area (Å²) in [6.07, 6.45) is 0. The van der Waals surface area contributed by atoms with E-state index >= 15 is 0 Å². The molecule has 0 radical (unpaired) electrons. The fourth-order valence-corrected chi connectivity index (χ4v) is 4.93. The van der Waals surface area contributed by atoms with Crippen LogP contribution in [0.2, 0.25) is 10.4 Å². The predicted molar refractivity (Wildman–Crippen MR) is 58.2 cm³/mol. The standard InChI is InChI=1S/C11H17AsO/c1-9(2)12(4,13)11-8-6-5-7-10(11)3/h5-9H,1-4H3. The van der Waals surface area contributed by atoms with Crippen molar-refractivity contribution in [3.05, 3.63) is 29.8 Å². The molecule has 1 unspecified atom stereocenters.